The smallest absolute Gasteiger partial charge is 0.304 e. The lowest BCUT2D eigenvalue weighted by Crippen LogP contribution is -2.55. The largest absolute Gasteiger partial charge is 0.441 e. The van der Waals surface area contributed by atoms with Gasteiger partial charge in [0.25, 0.3) is 5.91 Å². The molecule has 0 radical (unpaired) electrons. The summed E-state index contributed by atoms with van der Waals surface area (Å²) >= 11 is 0. The fraction of sp³-hybridized carbons (Fsp3) is 0.486. The van der Waals surface area contributed by atoms with Gasteiger partial charge in [-0.05, 0) is 55.4 Å². The number of halogens is 1. The summed E-state index contributed by atoms with van der Waals surface area (Å²) in [6.45, 7) is 7.93. The Balaban J connectivity index is 1.26. The molecule has 7 rings (SSSR count). The van der Waals surface area contributed by atoms with Crippen molar-refractivity contribution in [3.05, 3.63) is 65.5 Å². The van der Waals surface area contributed by atoms with E-state index < -0.39 is 61.9 Å². The van der Waals surface area contributed by atoms with E-state index >= 15 is 8.90 Å². The van der Waals surface area contributed by atoms with Crippen molar-refractivity contribution in [1.29, 1.82) is 0 Å². The zero-order valence-electron chi connectivity index (χ0n) is 30.7. The molecular formula is C37H43FN6O9Si. The normalized spacial score (nSPS) is 26.2. The summed E-state index contributed by atoms with van der Waals surface area (Å²) in [5, 5.41) is 17.6. The molecular weight excluding hydrogens is 720 g/mol. The molecule has 0 bridgehead atoms. The number of esters is 2. The fourth-order valence-electron chi connectivity index (χ4n) is 8.50. The minimum absolute atomic E-state index is 0.0159. The Hall–Kier alpha value is -5.00. The van der Waals surface area contributed by atoms with Gasteiger partial charge in [-0.25, -0.2) is 0 Å². The molecule has 2 unspecified atom stereocenters. The van der Waals surface area contributed by atoms with Gasteiger partial charge in [-0.3, -0.25) is 38.5 Å². The molecule has 3 amide bonds. The fourth-order valence-corrected chi connectivity index (χ4v) is 11.0. The van der Waals surface area contributed by atoms with E-state index in [1.807, 2.05) is 13.0 Å². The second-order valence-electron chi connectivity index (χ2n) is 14.8. The number of fused-ring (bicyclic) bond motifs is 2. The first-order chi connectivity index (χ1) is 25.6. The van der Waals surface area contributed by atoms with Crippen LogP contribution in [0.5, 0.6) is 0 Å². The van der Waals surface area contributed by atoms with Crippen LogP contribution in [0.2, 0.25) is 18.6 Å². The summed E-state index contributed by atoms with van der Waals surface area (Å²) in [6.07, 6.45) is 0.262. The maximum Gasteiger partial charge on any atom is 0.304 e. The molecule has 1 aromatic heterocycles. The van der Waals surface area contributed by atoms with E-state index in [-0.39, 0.29) is 37.8 Å². The van der Waals surface area contributed by atoms with Gasteiger partial charge in [0, 0.05) is 68.0 Å². The highest BCUT2D eigenvalue weighted by Gasteiger charge is 2.67. The summed E-state index contributed by atoms with van der Waals surface area (Å²) in [5.74, 6) is -2.55. The summed E-state index contributed by atoms with van der Waals surface area (Å²) in [4.78, 5) is 68.4. The molecule has 6 atom stereocenters. The number of hydrogen-bond donors (Lipinski definition) is 1. The molecule has 3 saturated heterocycles. The van der Waals surface area contributed by atoms with Crippen LogP contribution in [-0.4, -0.2) is 83.3 Å². The number of carbonyl (C=O) groups is 5. The first kappa shape index (κ1) is 37.3. The SMILES string of the molecule is CC(=O)OC1CC(=O)N1c1cccc(CN2C(=O)[C@]3(O[C@H](CCn4cc(CCO)nn4)[C@@H]([Si](C)(C)F)[C@@H]3C)c3cc(N4C(=O)CC4OC(C)=O)ccc32)c1. The lowest BCUT2D eigenvalue weighted by molar-refractivity contribution is -0.155. The van der Waals surface area contributed by atoms with Crippen LogP contribution in [0.4, 0.5) is 21.2 Å². The van der Waals surface area contributed by atoms with Crippen LogP contribution < -0.4 is 14.7 Å². The van der Waals surface area contributed by atoms with Gasteiger partial charge in [0.15, 0.2) is 18.1 Å². The van der Waals surface area contributed by atoms with Gasteiger partial charge >= 0.3 is 11.9 Å². The molecule has 4 aliphatic heterocycles. The molecule has 0 saturated carbocycles. The van der Waals surface area contributed by atoms with Crippen molar-refractivity contribution < 1.29 is 47.4 Å². The Kier molecular flexibility index (Phi) is 9.68. The van der Waals surface area contributed by atoms with Crippen LogP contribution in [0, 0.1) is 5.92 Å². The molecule has 3 aromatic rings. The van der Waals surface area contributed by atoms with E-state index in [0.717, 1.165) is 0 Å². The van der Waals surface area contributed by atoms with Gasteiger partial charge < -0.3 is 28.3 Å². The van der Waals surface area contributed by atoms with E-state index in [4.69, 9.17) is 14.2 Å². The number of aliphatic hydroxyl groups excluding tert-OH is 1. The molecule has 1 spiro atoms. The number of aromatic nitrogens is 3. The third kappa shape index (κ3) is 6.47. The van der Waals surface area contributed by atoms with Crippen molar-refractivity contribution in [3.8, 4) is 0 Å². The predicted molar refractivity (Wildman–Crippen MR) is 193 cm³/mol. The number of aliphatic hydroxyl groups is 1. The van der Waals surface area contributed by atoms with Crippen LogP contribution >= 0.6 is 0 Å². The summed E-state index contributed by atoms with van der Waals surface area (Å²) in [7, 11) is -3.52. The average Bonchev–Trinajstić information content (AvgIpc) is 3.73. The average molecular weight is 763 g/mol. The quantitative estimate of drug-likeness (QED) is 0.124. The highest BCUT2D eigenvalue weighted by Crippen LogP contribution is 2.61. The van der Waals surface area contributed by atoms with Crippen LogP contribution in [-0.2, 0) is 63.3 Å². The topological polar surface area (TPSA) is 174 Å². The molecule has 4 aliphatic rings. The Bertz CT molecular complexity index is 2020. The Morgan fingerprint density at radius 1 is 1.00 bits per heavy atom. The van der Waals surface area contributed by atoms with Crippen molar-refractivity contribution in [2.24, 2.45) is 5.92 Å². The van der Waals surface area contributed by atoms with Crippen LogP contribution in [0.1, 0.15) is 56.9 Å². The number of amides is 3. The number of benzene rings is 2. The standard InChI is InChI=1S/C37H43FN6O9Si/c1-21-35(54(4,5)38)30(11-13-41-20-25(12-14-45)39-40-41)53-37(21)28-16-27(44-32(49)18-34(44)52-23(3)47)9-10-29(28)42(36(37)50)19-24-7-6-8-26(15-24)43-31(48)17-33(43)51-22(2)46/h6-10,15-16,20-21,30,33-35,45H,11-14,17-19H2,1-5H3/t21-,30+,33?,34?,35-,37+/m0/s1. The van der Waals surface area contributed by atoms with Crippen molar-refractivity contribution in [3.63, 3.8) is 0 Å². The first-order valence-corrected chi connectivity index (χ1v) is 21.0. The number of β-lactam (4-membered cyclic amide) rings is 2. The lowest BCUT2D eigenvalue weighted by atomic mass is 9.82. The van der Waals surface area contributed by atoms with E-state index in [1.54, 1.807) is 65.3 Å². The Morgan fingerprint density at radius 3 is 2.24 bits per heavy atom. The predicted octanol–water partition coefficient (Wildman–Crippen LogP) is 3.48. The second kappa shape index (κ2) is 14.0. The van der Waals surface area contributed by atoms with Crippen molar-refractivity contribution in [2.75, 3.05) is 21.3 Å². The minimum Gasteiger partial charge on any atom is -0.441 e. The van der Waals surface area contributed by atoms with Crippen molar-refractivity contribution >= 4 is 55.1 Å². The summed E-state index contributed by atoms with van der Waals surface area (Å²) < 4.78 is 35.7. The minimum atomic E-state index is -3.52. The maximum absolute atomic E-state index is 16.5. The highest BCUT2D eigenvalue weighted by molar-refractivity contribution is 6.72. The van der Waals surface area contributed by atoms with Crippen LogP contribution in [0.3, 0.4) is 0 Å². The number of aryl methyl sites for hydroxylation is 1. The van der Waals surface area contributed by atoms with Gasteiger partial charge in [0.1, 0.15) is 0 Å². The van der Waals surface area contributed by atoms with E-state index in [0.29, 0.717) is 53.3 Å². The number of nitrogens with zero attached hydrogens (tertiary/aromatic N) is 6. The van der Waals surface area contributed by atoms with Gasteiger partial charge in [-0.1, -0.05) is 24.3 Å². The molecule has 54 heavy (non-hydrogen) atoms. The molecule has 17 heteroatoms. The van der Waals surface area contributed by atoms with Crippen molar-refractivity contribution in [2.45, 2.75) is 102 Å². The van der Waals surface area contributed by atoms with Gasteiger partial charge in [-0.2, -0.15) is 0 Å². The molecule has 0 aliphatic carbocycles. The second-order valence-corrected chi connectivity index (χ2v) is 18.6. The first-order valence-electron chi connectivity index (χ1n) is 18.0. The van der Waals surface area contributed by atoms with Crippen LogP contribution in [0.15, 0.2) is 48.7 Å². The summed E-state index contributed by atoms with van der Waals surface area (Å²) in [6, 6.07) is 12.2. The summed E-state index contributed by atoms with van der Waals surface area (Å²) in [5.41, 5.74) is 0.946. The maximum atomic E-state index is 16.5. The third-order valence-electron chi connectivity index (χ3n) is 10.8. The van der Waals surface area contributed by atoms with Crippen molar-refractivity contribution in [1.82, 2.24) is 15.0 Å². The zero-order valence-corrected chi connectivity index (χ0v) is 31.7. The molecule has 15 nitrogen and oxygen atoms in total. The van der Waals surface area contributed by atoms with E-state index in [2.05, 4.69) is 10.3 Å². The molecule has 286 valence electrons. The molecule has 3 fully saturated rings. The Morgan fingerprint density at radius 2 is 1.65 bits per heavy atom. The van der Waals surface area contributed by atoms with Gasteiger partial charge in [-0.15, -0.1) is 5.10 Å². The number of anilines is 3. The van der Waals surface area contributed by atoms with Gasteiger partial charge in [0.2, 0.25) is 20.2 Å². The molecule has 2 aromatic carbocycles. The monoisotopic (exact) mass is 762 g/mol. The number of carbonyl (C=O) groups excluding carboxylic acids is 5. The lowest BCUT2D eigenvalue weighted by Gasteiger charge is -2.39. The molecule has 1 N–H and O–H groups in total. The van der Waals surface area contributed by atoms with E-state index in [1.165, 1.54) is 23.6 Å². The number of rotatable bonds is 12. The third-order valence-corrected chi connectivity index (χ3v) is 13.2. The van der Waals surface area contributed by atoms with Gasteiger partial charge in [0.05, 0.1) is 36.9 Å². The van der Waals surface area contributed by atoms with E-state index in [9.17, 15) is 24.3 Å². The number of ether oxygens (including phenoxy) is 3. The Labute approximate surface area is 312 Å². The molecule has 5 heterocycles. The number of hydrogen-bond acceptors (Lipinski definition) is 11. The highest BCUT2D eigenvalue weighted by atomic mass is 28.4. The van der Waals surface area contributed by atoms with Crippen LogP contribution in [0.25, 0.3) is 0 Å². The zero-order chi connectivity index (χ0) is 38.7.